The summed E-state index contributed by atoms with van der Waals surface area (Å²) < 4.78 is 0. The van der Waals surface area contributed by atoms with Crippen molar-refractivity contribution in [1.82, 2.24) is 0 Å². The minimum Gasteiger partial charge on any atom is -0.464 e. The fraction of sp³-hybridized carbons (Fsp3) is 0.200. The van der Waals surface area contributed by atoms with Crippen LogP contribution in [0, 0.1) is 0 Å². The van der Waals surface area contributed by atoms with Crippen LogP contribution in [0.2, 0.25) is 0 Å². The first-order valence-electron chi connectivity index (χ1n) is 4.37. The number of carbonyl (C=O) groups is 2. The van der Waals surface area contributed by atoms with Crippen molar-refractivity contribution in [3.63, 3.8) is 0 Å². The lowest BCUT2D eigenvalue weighted by atomic mass is 10.1. The summed E-state index contributed by atoms with van der Waals surface area (Å²) in [6, 6.07) is 6.55. The number of para-hydroxylation sites is 1. The van der Waals surface area contributed by atoms with Crippen molar-refractivity contribution in [2.24, 2.45) is 0 Å². The number of imide groups is 1. The molecule has 0 bridgehead atoms. The summed E-state index contributed by atoms with van der Waals surface area (Å²) in [5, 5.41) is 17.5. The smallest absolute Gasteiger partial charge is 0.418 e. The molecule has 0 saturated heterocycles. The van der Waals surface area contributed by atoms with E-state index in [4.69, 9.17) is 10.2 Å². The van der Waals surface area contributed by atoms with Gasteiger partial charge in [-0.2, -0.15) is 0 Å². The van der Waals surface area contributed by atoms with Gasteiger partial charge in [-0.3, -0.25) is 4.79 Å². The Bertz CT molecular complexity index is 364. The van der Waals surface area contributed by atoms with Crippen molar-refractivity contribution in [2.75, 3.05) is 11.5 Å². The molecule has 0 fully saturated rings. The number of nitrogens with zero attached hydrogens (tertiary/aromatic N) is 1. The van der Waals surface area contributed by atoms with E-state index in [9.17, 15) is 9.59 Å². The Labute approximate surface area is 86.6 Å². The van der Waals surface area contributed by atoms with Gasteiger partial charge in [-0.15, -0.1) is 0 Å². The molecular weight excluding hydrogens is 198 g/mol. The van der Waals surface area contributed by atoms with Crippen LogP contribution in [0.4, 0.5) is 10.5 Å². The maximum Gasteiger partial charge on any atom is 0.418 e. The van der Waals surface area contributed by atoms with Gasteiger partial charge in [-0.1, -0.05) is 18.2 Å². The van der Waals surface area contributed by atoms with Crippen LogP contribution in [0.25, 0.3) is 0 Å². The van der Waals surface area contributed by atoms with Crippen LogP contribution in [-0.2, 0) is 11.2 Å². The van der Waals surface area contributed by atoms with Crippen LogP contribution in [0.1, 0.15) is 5.56 Å². The average molecular weight is 209 g/mol. The van der Waals surface area contributed by atoms with Crippen LogP contribution >= 0.6 is 0 Å². The fourth-order valence-corrected chi connectivity index (χ4v) is 1.28. The van der Waals surface area contributed by atoms with Crippen LogP contribution in [-0.4, -0.2) is 29.3 Å². The molecule has 2 amide bonds. The van der Waals surface area contributed by atoms with Gasteiger partial charge >= 0.3 is 6.09 Å². The highest BCUT2D eigenvalue weighted by molar-refractivity contribution is 6.02. The zero-order valence-electron chi connectivity index (χ0n) is 7.96. The van der Waals surface area contributed by atoms with Crippen LogP contribution in [0.5, 0.6) is 0 Å². The van der Waals surface area contributed by atoms with E-state index in [0.717, 1.165) is 0 Å². The van der Waals surface area contributed by atoms with Crippen LogP contribution in [0.15, 0.2) is 24.3 Å². The molecule has 0 heterocycles. The van der Waals surface area contributed by atoms with E-state index < -0.39 is 6.09 Å². The summed E-state index contributed by atoms with van der Waals surface area (Å²) in [6.45, 7) is -0.0939. The van der Waals surface area contributed by atoms with Gasteiger partial charge in [0.05, 0.1) is 5.69 Å². The number of benzene rings is 1. The number of anilines is 1. The highest BCUT2D eigenvalue weighted by Crippen LogP contribution is 2.19. The molecule has 0 atom stereocenters. The summed E-state index contributed by atoms with van der Waals surface area (Å²) in [7, 11) is 0. The van der Waals surface area contributed by atoms with E-state index in [2.05, 4.69) is 0 Å². The minimum atomic E-state index is -1.34. The molecule has 0 spiro atoms. The largest absolute Gasteiger partial charge is 0.464 e. The molecule has 2 N–H and O–H groups in total. The van der Waals surface area contributed by atoms with Crippen molar-refractivity contribution < 1.29 is 19.8 Å². The van der Waals surface area contributed by atoms with Gasteiger partial charge in [0, 0.05) is 6.61 Å². The molecule has 1 rings (SSSR count). The number of hydrogen-bond donors (Lipinski definition) is 2. The molecule has 0 saturated carbocycles. The van der Waals surface area contributed by atoms with Crippen LogP contribution < -0.4 is 4.90 Å². The maximum absolute atomic E-state index is 10.7. The molecule has 5 nitrogen and oxygen atoms in total. The average Bonchev–Trinajstić information content (AvgIpc) is 2.21. The lowest BCUT2D eigenvalue weighted by Crippen LogP contribution is -2.28. The molecule has 1 aromatic rings. The SMILES string of the molecule is O=CN(C(=O)O)c1ccccc1CCO. The van der Waals surface area contributed by atoms with Crippen molar-refractivity contribution in [2.45, 2.75) is 6.42 Å². The Morgan fingerprint density at radius 3 is 2.60 bits per heavy atom. The summed E-state index contributed by atoms with van der Waals surface area (Å²) in [5.74, 6) is 0. The van der Waals surface area contributed by atoms with Crippen molar-refractivity contribution >= 4 is 18.2 Å². The Morgan fingerprint density at radius 2 is 2.07 bits per heavy atom. The summed E-state index contributed by atoms with van der Waals surface area (Å²) in [5.41, 5.74) is 0.906. The van der Waals surface area contributed by atoms with Gasteiger partial charge in [0.1, 0.15) is 0 Å². The molecule has 0 aliphatic heterocycles. The molecule has 15 heavy (non-hydrogen) atoms. The second-order valence-electron chi connectivity index (χ2n) is 2.86. The Hall–Kier alpha value is -1.88. The third kappa shape index (κ3) is 2.54. The minimum absolute atomic E-state index is 0.0939. The molecule has 0 aliphatic carbocycles. The zero-order valence-corrected chi connectivity index (χ0v) is 7.96. The van der Waals surface area contributed by atoms with Crippen molar-refractivity contribution in [3.8, 4) is 0 Å². The van der Waals surface area contributed by atoms with E-state index >= 15 is 0 Å². The Morgan fingerprint density at radius 1 is 1.40 bits per heavy atom. The monoisotopic (exact) mass is 209 g/mol. The first-order chi connectivity index (χ1) is 7.20. The van der Waals surface area contributed by atoms with Gasteiger partial charge in [-0.05, 0) is 18.1 Å². The Balaban J connectivity index is 3.10. The molecule has 0 radical (unpaired) electrons. The number of aliphatic hydroxyl groups excluding tert-OH is 1. The molecule has 5 heteroatoms. The maximum atomic E-state index is 10.7. The first kappa shape index (κ1) is 11.2. The summed E-state index contributed by atoms with van der Waals surface area (Å²) >= 11 is 0. The van der Waals surface area contributed by atoms with Crippen molar-refractivity contribution in [1.29, 1.82) is 0 Å². The quantitative estimate of drug-likeness (QED) is 0.721. The van der Waals surface area contributed by atoms with Crippen LogP contribution in [0.3, 0.4) is 0 Å². The summed E-state index contributed by atoms with van der Waals surface area (Å²) in [6.07, 6.45) is -0.790. The topological polar surface area (TPSA) is 77.8 Å². The number of amides is 2. The van der Waals surface area contributed by atoms with Gasteiger partial charge < -0.3 is 10.2 Å². The van der Waals surface area contributed by atoms with Crippen molar-refractivity contribution in [3.05, 3.63) is 29.8 Å². The van der Waals surface area contributed by atoms with Gasteiger partial charge in [-0.25, -0.2) is 9.69 Å². The second-order valence-corrected chi connectivity index (χ2v) is 2.86. The van der Waals surface area contributed by atoms with Gasteiger partial charge in [0.15, 0.2) is 0 Å². The number of aliphatic hydroxyl groups is 1. The normalized spacial score (nSPS) is 9.67. The predicted octanol–water partition coefficient (Wildman–Crippen LogP) is 0.862. The Kier molecular flexibility index (Phi) is 3.82. The summed E-state index contributed by atoms with van der Waals surface area (Å²) in [4.78, 5) is 21.9. The van der Waals surface area contributed by atoms with E-state index in [1.807, 2.05) is 0 Å². The fourth-order valence-electron chi connectivity index (χ4n) is 1.28. The third-order valence-electron chi connectivity index (χ3n) is 1.94. The highest BCUT2D eigenvalue weighted by atomic mass is 16.4. The van der Waals surface area contributed by atoms with E-state index in [-0.39, 0.29) is 18.7 Å². The molecular formula is C10H11NO4. The first-order valence-corrected chi connectivity index (χ1v) is 4.37. The lowest BCUT2D eigenvalue weighted by molar-refractivity contribution is -0.107. The molecule has 80 valence electrons. The molecule has 0 unspecified atom stereocenters. The van der Waals surface area contributed by atoms with E-state index in [1.54, 1.807) is 18.2 Å². The third-order valence-corrected chi connectivity index (χ3v) is 1.94. The second kappa shape index (κ2) is 5.11. The lowest BCUT2D eigenvalue weighted by Gasteiger charge is -2.15. The van der Waals surface area contributed by atoms with Gasteiger partial charge in [0.2, 0.25) is 6.41 Å². The molecule has 0 aliphatic rings. The number of hydrogen-bond acceptors (Lipinski definition) is 3. The zero-order chi connectivity index (χ0) is 11.3. The number of rotatable bonds is 4. The molecule has 0 aromatic heterocycles. The molecule has 1 aromatic carbocycles. The number of carbonyl (C=O) groups excluding carboxylic acids is 1. The number of carboxylic acid groups (broad SMARTS) is 1. The van der Waals surface area contributed by atoms with E-state index in [0.29, 0.717) is 16.9 Å². The standard InChI is InChI=1S/C10H11NO4/c12-6-5-8-3-1-2-4-9(8)11(7-13)10(14)15/h1-4,7,12H,5-6H2,(H,14,15). The van der Waals surface area contributed by atoms with E-state index in [1.165, 1.54) is 6.07 Å². The van der Waals surface area contributed by atoms with Gasteiger partial charge in [0.25, 0.3) is 0 Å². The highest BCUT2D eigenvalue weighted by Gasteiger charge is 2.15. The predicted molar refractivity (Wildman–Crippen MR) is 53.8 cm³/mol.